The first-order valence-corrected chi connectivity index (χ1v) is 8.94. The second kappa shape index (κ2) is 9.04. The van der Waals surface area contributed by atoms with Crippen molar-refractivity contribution in [3.05, 3.63) is 0 Å². The molecule has 1 fully saturated rings. The molecule has 0 aromatic rings. The molecule has 2 heteroatoms. The van der Waals surface area contributed by atoms with Gasteiger partial charge in [-0.2, -0.15) is 0 Å². The highest BCUT2D eigenvalue weighted by Gasteiger charge is 2.26. The Morgan fingerprint density at radius 3 is 2.65 bits per heavy atom. The smallest absolute Gasteiger partial charge is 0.0220 e. The van der Waals surface area contributed by atoms with Gasteiger partial charge in [0.2, 0.25) is 0 Å². The van der Waals surface area contributed by atoms with Crippen LogP contribution in [0.4, 0.5) is 0 Å². The van der Waals surface area contributed by atoms with Crippen LogP contribution < -0.4 is 5.32 Å². The van der Waals surface area contributed by atoms with Crippen molar-refractivity contribution in [2.45, 2.75) is 79.2 Å². The van der Waals surface area contributed by atoms with Crippen molar-refractivity contribution in [2.24, 2.45) is 11.3 Å². The van der Waals surface area contributed by atoms with E-state index in [1.807, 2.05) is 0 Å². The number of nitrogens with zero attached hydrogens (tertiary/aromatic N) is 1. The molecule has 1 aliphatic heterocycles. The molecule has 1 rings (SSSR count). The summed E-state index contributed by atoms with van der Waals surface area (Å²) in [5.74, 6) is 0.791. The maximum atomic E-state index is 3.76. The van der Waals surface area contributed by atoms with Crippen molar-refractivity contribution in [3.8, 4) is 0 Å². The molecule has 0 aliphatic carbocycles. The number of unbranched alkanes of at least 4 members (excludes halogenated alkanes) is 2. The molecule has 0 saturated carbocycles. The van der Waals surface area contributed by atoms with Crippen LogP contribution in [0.5, 0.6) is 0 Å². The SMILES string of the molecule is CCCCCC(C)(C)CN1CCCNC(C(C)CC)C1. The third-order valence-corrected chi connectivity index (χ3v) is 4.95. The van der Waals surface area contributed by atoms with E-state index >= 15 is 0 Å². The van der Waals surface area contributed by atoms with E-state index in [0.717, 1.165) is 5.92 Å². The highest BCUT2D eigenvalue weighted by atomic mass is 15.2. The van der Waals surface area contributed by atoms with Crippen LogP contribution in [0.1, 0.15) is 73.1 Å². The summed E-state index contributed by atoms with van der Waals surface area (Å²) in [6, 6.07) is 0.689. The molecule has 1 saturated heterocycles. The van der Waals surface area contributed by atoms with Crippen molar-refractivity contribution in [1.82, 2.24) is 10.2 Å². The van der Waals surface area contributed by atoms with Crippen molar-refractivity contribution in [1.29, 1.82) is 0 Å². The lowest BCUT2D eigenvalue weighted by atomic mass is 9.86. The first-order chi connectivity index (χ1) is 9.48. The van der Waals surface area contributed by atoms with Gasteiger partial charge in [-0.15, -0.1) is 0 Å². The highest BCUT2D eigenvalue weighted by Crippen LogP contribution is 2.26. The summed E-state index contributed by atoms with van der Waals surface area (Å²) in [6.45, 7) is 16.9. The fourth-order valence-corrected chi connectivity index (χ4v) is 3.37. The normalized spacial score (nSPS) is 23.6. The molecule has 1 N–H and O–H groups in total. The molecular weight excluding hydrogens is 244 g/mol. The summed E-state index contributed by atoms with van der Waals surface area (Å²) in [6.07, 6.45) is 8.08. The Bertz CT molecular complexity index is 250. The highest BCUT2D eigenvalue weighted by molar-refractivity contribution is 4.83. The molecule has 0 amide bonds. The predicted octanol–water partition coefficient (Wildman–Crippen LogP) is 4.30. The zero-order chi connectivity index (χ0) is 15.0. The van der Waals surface area contributed by atoms with Gasteiger partial charge in [0.15, 0.2) is 0 Å². The van der Waals surface area contributed by atoms with Gasteiger partial charge in [-0.05, 0) is 37.3 Å². The average Bonchev–Trinajstić information content (AvgIpc) is 2.63. The molecule has 20 heavy (non-hydrogen) atoms. The molecule has 0 bridgehead atoms. The van der Waals surface area contributed by atoms with E-state index in [0.29, 0.717) is 11.5 Å². The quantitative estimate of drug-likeness (QED) is 0.668. The van der Waals surface area contributed by atoms with Crippen molar-refractivity contribution in [2.75, 3.05) is 26.2 Å². The lowest BCUT2D eigenvalue weighted by molar-refractivity contribution is 0.154. The van der Waals surface area contributed by atoms with E-state index < -0.39 is 0 Å². The van der Waals surface area contributed by atoms with E-state index in [1.165, 1.54) is 64.7 Å². The molecule has 0 spiro atoms. The molecule has 2 unspecified atom stereocenters. The molecule has 120 valence electrons. The maximum Gasteiger partial charge on any atom is 0.0220 e. The molecule has 2 atom stereocenters. The van der Waals surface area contributed by atoms with Crippen LogP contribution in [-0.4, -0.2) is 37.1 Å². The minimum absolute atomic E-state index is 0.472. The molecule has 2 nitrogen and oxygen atoms in total. The molecule has 1 heterocycles. The first kappa shape index (κ1) is 18.0. The van der Waals surface area contributed by atoms with Gasteiger partial charge in [0.1, 0.15) is 0 Å². The van der Waals surface area contributed by atoms with Gasteiger partial charge < -0.3 is 10.2 Å². The second-order valence-corrected chi connectivity index (χ2v) is 7.66. The Kier molecular flexibility index (Phi) is 8.13. The van der Waals surface area contributed by atoms with Crippen LogP contribution in [0.3, 0.4) is 0 Å². The summed E-state index contributed by atoms with van der Waals surface area (Å²) in [5, 5.41) is 3.76. The van der Waals surface area contributed by atoms with Gasteiger partial charge in [0.25, 0.3) is 0 Å². The van der Waals surface area contributed by atoms with Crippen LogP contribution in [0, 0.1) is 11.3 Å². The molecule has 0 aromatic carbocycles. The second-order valence-electron chi connectivity index (χ2n) is 7.66. The van der Waals surface area contributed by atoms with E-state index in [1.54, 1.807) is 0 Å². The summed E-state index contributed by atoms with van der Waals surface area (Å²) in [7, 11) is 0. The molecule has 1 aliphatic rings. The van der Waals surface area contributed by atoms with E-state index in [-0.39, 0.29) is 0 Å². The zero-order valence-electron chi connectivity index (χ0n) is 14.7. The van der Waals surface area contributed by atoms with Gasteiger partial charge in [-0.3, -0.25) is 0 Å². The van der Waals surface area contributed by atoms with Gasteiger partial charge in [-0.1, -0.05) is 60.3 Å². The monoisotopic (exact) mass is 282 g/mol. The van der Waals surface area contributed by atoms with Crippen LogP contribution in [0.2, 0.25) is 0 Å². The summed E-state index contributed by atoms with van der Waals surface area (Å²) >= 11 is 0. The standard InChI is InChI=1S/C18H38N2/c1-6-8-9-11-18(4,5)15-20-13-10-12-19-17(14-20)16(3)7-2/h16-17,19H,6-15H2,1-5H3. The van der Waals surface area contributed by atoms with Gasteiger partial charge in [0, 0.05) is 19.1 Å². The minimum atomic E-state index is 0.472. The molecule has 0 aromatic heterocycles. The fraction of sp³-hybridized carbons (Fsp3) is 1.00. The summed E-state index contributed by atoms with van der Waals surface area (Å²) in [4.78, 5) is 2.72. The van der Waals surface area contributed by atoms with Crippen molar-refractivity contribution in [3.63, 3.8) is 0 Å². The third-order valence-electron chi connectivity index (χ3n) is 4.95. The zero-order valence-corrected chi connectivity index (χ0v) is 14.7. The Morgan fingerprint density at radius 1 is 1.25 bits per heavy atom. The minimum Gasteiger partial charge on any atom is -0.312 e. The number of hydrogen-bond donors (Lipinski definition) is 1. The summed E-state index contributed by atoms with van der Waals surface area (Å²) < 4.78 is 0. The van der Waals surface area contributed by atoms with Crippen molar-refractivity contribution >= 4 is 0 Å². The third kappa shape index (κ3) is 6.58. The van der Waals surface area contributed by atoms with Crippen molar-refractivity contribution < 1.29 is 0 Å². The van der Waals surface area contributed by atoms with E-state index in [2.05, 4.69) is 44.8 Å². The van der Waals surface area contributed by atoms with Crippen LogP contribution in [0.15, 0.2) is 0 Å². The number of nitrogens with one attached hydrogen (secondary N) is 1. The largest absolute Gasteiger partial charge is 0.312 e. The van der Waals surface area contributed by atoms with Crippen LogP contribution in [-0.2, 0) is 0 Å². The van der Waals surface area contributed by atoms with Gasteiger partial charge in [-0.25, -0.2) is 0 Å². The number of rotatable bonds is 8. The lowest BCUT2D eigenvalue weighted by Gasteiger charge is -2.34. The van der Waals surface area contributed by atoms with E-state index in [4.69, 9.17) is 0 Å². The van der Waals surface area contributed by atoms with Crippen LogP contribution in [0.25, 0.3) is 0 Å². The summed E-state index contributed by atoms with van der Waals surface area (Å²) in [5.41, 5.74) is 0.472. The molecule has 0 radical (unpaired) electrons. The topological polar surface area (TPSA) is 15.3 Å². The average molecular weight is 283 g/mol. The Hall–Kier alpha value is -0.0800. The maximum absolute atomic E-state index is 3.76. The van der Waals surface area contributed by atoms with Gasteiger partial charge >= 0.3 is 0 Å². The fourth-order valence-electron chi connectivity index (χ4n) is 3.37. The Labute approximate surface area is 127 Å². The first-order valence-electron chi connectivity index (χ1n) is 8.94. The predicted molar refractivity (Wildman–Crippen MR) is 90.2 cm³/mol. The van der Waals surface area contributed by atoms with E-state index in [9.17, 15) is 0 Å². The molecular formula is C18H38N2. The Balaban J connectivity index is 2.47. The number of hydrogen-bond acceptors (Lipinski definition) is 2. The van der Waals surface area contributed by atoms with Crippen LogP contribution >= 0.6 is 0 Å². The van der Waals surface area contributed by atoms with Gasteiger partial charge in [0.05, 0.1) is 0 Å². The Morgan fingerprint density at radius 2 is 2.00 bits per heavy atom. The lowest BCUT2D eigenvalue weighted by Crippen LogP contribution is -2.44.